The van der Waals surface area contributed by atoms with Crippen LogP contribution in [0.15, 0.2) is 35.9 Å². The number of aliphatic hydroxyl groups is 1. The van der Waals surface area contributed by atoms with Crippen LogP contribution in [0.4, 0.5) is 0 Å². The second-order valence-electron chi connectivity index (χ2n) is 9.68. The first kappa shape index (κ1) is 21.6. The van der Waals surface area contributed by atoms with E-state index >= 15 is 0 Å². The maximum atomic E-state index is 12.2. The Kier molecular flexibility index (Phi) is 5.54. The van der Waals surface area contributed by atoms with Crippen molar-refractivity contribution in [3.8, 4) is 5.82 Å². The molecule has 1 atom stereocenters. The summed E-state index contributed by atoms with van der Waals surface area (Å²) < 4.78 is 13.2. The van der Waals surface area contributed by atoms with Crippen LogP contribution in [-0.4, -0.2) is 97.6 Å². The Labute approximate surface area is 197 Å². The molecule has 0 aromatic carbocycles. The van der Waals surface area contributed by atoms with Crippen molar-refractivity contribution < 1.29 is 19.4 Å². The summed E-state index contributed by atoms with van der Waals surface area (Å²) >= 11 is 0. The van der Waals surface area contributed by atoms with E-state index < -0.39 is 6.10 Å². The first-order valence-electron chi connectivity index (χ1n) is 12.0. The molecule has 3 aliphatic heterocycles. The van der Waals surface area contributed by atoms with Gasteiger partial charge in [-0.25, -0.2) is 9.78 Å². The number of cyclic esters (lactones) is 1. The number of morpholine rings is 1. The number of ether oxygens (including phenoxy) is 2. The number of rotatable bonds is 6. The number of likely N-dealkylation sites (tertiary alicyclic amines) is 1. The van der Waals surface area contributed by atoms with Gasteiger partial charge in [-0.3, -0.25) is 0 Å². The van der Waals surface area contributed by atoms with Gasteiger partial charge in [0.2, 0.25) is 0 Å². The van der Waals surface area contributed by atoms with E-state index in [1.165, 1.54) is 11.0 Å². The average molecular weight is 468 g/mol. The molecule has 1 saturated carbocycles. The van der Waals surface area contributed by atoms with E-state index in [1.54, 1.807) is 12.3 Å². The fraction of sp³-hybridized carbons (Fsp3) is 0.609. The van der Waals surface area contributed by atoms with Gasteiger partial charge in [0.15, 0.2) is 5.82 Å². The molecule has 3 fully saturated rings. The fourth-order valence-corrected chi connectivity index (χ4v) is 5.31. The number of hydrogen-bond donors (Lipinski definition) is 1. The van der Waals surface area contributed by atoms with Crippen LogP contribution in [0.1, 0.15) is 37.4 Å². The van der Waals surface area contributed by atoms with Gasteiger partial charge in [0.1, 0.15) is 12.9 Å². The van der Waals surface area contributed by atoms with E-state index in [4.69, 9.17) is 9.47 Å². The number of tetrazole rings is 1. The van der Waals surface area contributed by atoms with Crippen molar-refractivity contribution in [1.82, 2.24) is 35.0 Å². The second-order valence-corrected chi connectivity index (χ2v) is 9.68. The molecule has 0 amide bonds. The summed E-state index contributed by atoms with van der Waals surface area (Å²) in [5, 5.41) is 21.8. The number of carbonyl (C=O) groups is 1. The Bertz CT molecular complexity index is 1060. The summed E-state index contributed by atoms with van der Waals surface area (Å²) in [4.78, 5) is 21.2. The third-order valence-electron chi connectivity index (χ3n) is 7.42. The van der Waals surface area contributed by atoms with Gasteiger partial charge in [0.05, 0.1) is 29.6 Å². The third kappa shape index (κ3) is 4.19. The summed E-state index contributed by atoms with van der Waals surface area (Å²) in [6.07, 6.45) is 6.51. The highest BCUT2D eigenvalue weighted by atomic mass is 16.5. The Morgan fingerprint density at radius 1 is 1.21 bits per heavy atom. The molecule has 6 rings (SSSR count). The molecule has 34 heavy (non-hydrogen) atoms. The molecule has 0 radical (unpaired) electrons. The van der Waals surface area contributed by atoms with Gasteiger partial charge in [0.25, 0.3) is 0 Å². The molecule has 1 aliphatic carbocycles. The molecular weight excluding hydrogens is 438 g/mol. The number of piperidine rings is 1. The molecule has 1 spiro atoms. The van der Waals surface area contributed by atoms with Gasteiger partial charge < -0.3 is 24.4 Å². The van der Waals surface area contributed by atoms with Crippen molar-refractivity contribution in [2.24, 2.45) is 5.92 Å². The average Bonchev–Trinajstić information content (AvgIpc) is 3.38. The molecule has 4 aliphatic rings. The van der Waals surface area contributed by atoms with Gasteiger partial charge in [0, 0.05) is 44.5 Å². The van der Waals surface area contributed by atoms with Crippen LogP contribution in [0.5, 0.6) is 0 Å². The van der Waals surface area contributed by atoms with Crippen LogP contribution in [0, 0.1) is 5.92 Å². The zero-order valence-electron chi connectivity index (χ0n) is 19.0. The van der Waals surface area contributed by atoms with Gasteiger partial charge in [-0.15, -0.1) is 5.10 Å². The van der Waals surface area contributed by atoms with Crippen molar-refractivity contribution in [2.45, 2.75) is 37.4 Å². The zero-order chi connectivity index (χ0) is 23.1. The zero-order valence-corrected chi connectivity index (χ0v) is 19.0. The molecule has 0 bridgehead atoms. The predicted molar refractivity (Wildman–Crippen MR) is 119 cm³/mol. The summed E-state index contributed by atoms with van der Waals surface area (Å²) in [5.41, 5.74) is 2.56. The van der Waals surface area contributed by atoms with E-state index in [-0.39, 0.29) is 11.6 Å². The van der Waals surface area contributed by atoms with E-state index in [0.717, 1.165) is 68.7 Å². The Morgan fingerprint density at radius 3 is 2.76 bits per heavy atom. The molecular formula is C23H29N7O4. The molecule has 1 N–H and O–H groups in total. The first-order chi connectivity index (χ1) is 16.6. The number of nitrogens with zero attached hydrogens (tertiary/aromatic N) is 7. The molecule has 11 nitrogen and oxygen atoms in total. The number of β-amino-alcohol motifs (C(OH)–C–C–N with tert-alkyl or cyclic N) is 1. The van der Waals surface area contributed by atoms with Crippen LogP contribution in [0.3, 0.4) is 0 Å². The number of pyridine rings is 1. The molecule has 5 heterocycles. The maximum absolute atomic E-state index is 12.2. The van der Waals surface area contributed by atoms with Crippen molar-refractivity contribution in [2.75, 3.05) is 45.9 Å². The topological polar surface area (TPSA) is 119 Å². The van der Waals surface area contributed by atoms with E-state index in [9.17, 15) is 9.90 Å². The first-order valence-corrected chi connectivity index (χ1v) is 12.0. The lowest BCUT2D eigenvalue weighted by Gasteiger charge is -2.48. The second kappa shape index (κ2) is 8.71. The molecule has 11 heteroatoms. The van der Waals surface area contributed by atoms with E-state index in [1.807, 2.05) is 6.07 Å². The quantitative estimate of drug-likeness (QED) is 0.601. The van der Waals surface area contributed by atoms with E-state index in [0.29, 0.717) is 31.5 Å². The van der Waals surface area contributed by atoms with Gasteiger partial charge in [-0.05, 0) is 48.1 Å². The number of aromatic nitrogens is 5. The van der Waals surface area contributed by atoms with Crippen LogP contribution in [0.2, 0.25) is 0 Å². The Hall–Kier alpha value is -2.89. The highest BCUT2D eigenvalue weighted by molar-refractivity contribution is 5.92. The Balaban J connectivity index is 1.06. The smallest absolute Gasteiger partial charge is 0.336 e. The number of esters is 1. The van der Waals surface area contributed by atoms with Crippen molar-refractivity contribution in [1.29, 1.82) is 0 Å². The SMILES string of the molecule is O=C1OCC(N2CCOC3(CCN(C[C@H](O)c4ccc(-n5cnnn5)nc4)CC3)C2)=C1C1CC1. The molecule has 0 unspecified atom stereocenters. The van der Waals surface area contributed by atoms with Crippen molar-refractivity contribution >= 4 is 5.97 Å². The van der Waals surface area contributed by atoms with Gasteiger partial charge in [-0.1, -0.05) is 6.07 Å². The number of hydrogen-bond acceptors (Lipinski definition) is 10. The number of carbonyl (C=O) groups excluding carboxylic acids is 1. The lowest BCUT2D eigenvalue weighted by Crippen LogP contribution is -2.57. The standard InChI is InChI=1S/C23H29N7O4/c31-19(17-3-4-20(24-11-17)30-15-25-26-27-30)12-28-7-5-23(6-8-28)14-29(9-10-34-23)18-13-33-22(32)21(18)16-1-2-16/h3-4,11,15-16,19,31H,1-2,5-10,12-14H2/t19-/m0/s1. The lowest BCUT2D eigenvalue weighted by atomic mass is 9.88. The molecule has 2 aromatic heterocycles. The van der Waals surface area contributed by atoms with Gasteiger partial charge >= 0.3 is 5.97 Å². The minimum atomic E-state index is -0.624. The summed E-state index contributed by atoms with van der Waals surface area (Å²) in [6, 6.07) is 3.66. The minimum absolute atomic E-state index is 0.123. The third-order valence-corrected chi connectivity index (χ3v) is 7.42. The molecule has 2 aromatic rings. The predicted octanol–water partition coefficient (Wildman–Crippen LogP) is 0.478. The van der Waals surface area contributed by atoms with E-state index in [2.05, 4.69) is 30.3 Å². The van der Waals surface area contributed by atoms with Crippen LogP contribution in [0.25, 0.3) is 5.82 Å². The van der Waals surface area contributed by atoms with Gasteiger partial charge in [-0.2, -0.15) is 4.68 Å². The highest BCUT2D eigenvalue weighted by Crippen LogP contribution is 2.42. The lowest BCUT2D eigenvalue weighted by molar-refractivity contribution is -0.137. The van der Waals surface area contributed by atoms with Crippen LogP contribution < -0.4 is 0 Å². The normalized spacial score (nSPS) is 24.0. The van der Waals surface area contributed by atoms with Crippen molar-refractivity contribution in [3.63, 3.8) is 0 Å². The summed E-state index contributed by atoms with van der Waals surface area (Å²) in [6.45, 7) is 4.92. The van der Waals surface area contributed by atoms with Crippen molar-refractivity contribution in [3.05, 3.63) is 41.5 Å². The largest absolute Gasteiger partial charge is 0.456 e. The fourth-order valence-electron chi connectivity index (χ4n) is 5.31. The van der Waals surface area contributed by atoms with Crippen LogP contribution in [-0.2, 0) is 14.3 Å². The van der Waals surface area contributed by atoms with Crippen LogP contribution >= 0.6 is 0 Å². The molecule has 2 saturated heterocycles. The molecule has 180 valence electrons. The monoisotopic (exact) mass is 467 g/mol. The highest BCUT2D eigenvalue weighted by Gasteiger charge is 2.44. The summed E-state index contributed by atoms with van der Waals surface area (Å²) in [5.74, 6) is 0.875. The maximum Gasteiger partial charge on any atom is 0.336 e. The Morgan fingerprint density at radius 2 is 2.06 bits per heavy atom. The minimum Gasteiger partial charge on any atom is -0.456 e. The number of aliphatic hydroxyl groups excluding tert-OH is 1. The summed E-state index contributed by atoms with van der Waals surface area (Å²) in [7, 11) is 0.